The summed E-state index contributed by atoms with van der Waals surface area (Å²) in [7, 11) is 0. The Bertz CT molecular complexity index is 510. The van der Waals surface area contributed by atoms with Crippen LogP contribution >= 0.6 is 0 Å². The van der Waals surface area contributed by atoms with E-state index >= 15 is 0 Å². The molecule has 0 unspecified atom stereocenters. The normalized spacial score (nSPS) is 11.0. The van der Waals surface area contributed by atoms with E-state index in [1.165, 1.54) is 0 Å². The molecule has 1 N–H and O–H groups in total. The second-order valence-corrected chi connectivity index (χ2v) is 5.44. The third kappa shape index (κ3) is 5.55. The molecule has 0 amide bonds. The molecule has 21 heavy (non-hydrogen) atoms. The molecule has 0 aliphatic rings. The van der Waals surface area contributed by atoms with Crippen molar-refractivity contribution in [1.82, 2.24) is 20.1 Å². The Morgan fingerprint density at radius 2 is 2.05 bits per heavy atom. The number of rotatable bonds is 9. The van der Waals surface area contributed by atoms with Crippen LogP contribution in [-0.2, 0) is 13.1 Å². The van der Waals surface area contributed by atoms with Crippen molar-refractivity contribution in [1.29, 1.82) is 0 Å². The van der Waals surface area contributed by atoms with Crippen LogP contribution in [0.2, 0.25) is 0 Å². The number of hydrogen-bond donors (Lipinski definition) is 1. The zero-order valence-electron chi connectivity index (χ0n) is 12.8. The average Bonchev–Trinajstić information content (AvgIpc) is 2.90. The number of hydrogen-bond acceptors (Lipinski definition) is 4. The molecule has 5 nitrogen and oxygen atoms in total. The number of ether oxygens (including phenoxy) is 1. The van der Waals surface area contributed by atoms with Gasteiger partial charge in [-0.15, -0.1) is 0 Å². The fourth-order valence-corrected chi connectivity index (χ4v) is 2.03. The van der Waals surface area contributed by atoms with E-state index in [2.05, 4.69) is 29.2 Å². The molecule has 0 saturated carbocycles. The predicted octanol–water partition coefficient (Wildman–Crippen LogP) is 2.49. The maximum absolute atomic E-state index is 5.65. The van der Waals surface area contributed by atoms with Gasteiger partial charge in [0.05, 0.1) is 13.2 Å². The molecule has 1 aromatic carbocycles. The number of para-hydroxylation sites is 1. The topological polar surface area (TPSA) is 52.0 Å². The highest BCUT2D eigenvalue weighted by Crippen LogP contribution is 2.08. The largest absolute Gasteiger partial charge is 0.494 e. The van der Waals surface area contributed by atoms with E-state index in [1.807, 2.05) is 35.0 Å². The molecule has 0 spiro atoms. The lowest BCUT2D eigenvalue weighted by atomic mass is 10.2. The highest BCUT2D eigenvalue weighted by atomic mass is 16.5. The molecule has 0 fully saturated rings. The van der Waals surface area contributed by atoms with Crippen molar-refractivity contribution in [2.75, 3.05) is 13.2 Å². The summed E-state index contributed by atoms with van der Waals surface area (Å²) in [4.78, 5) is 4.29. The Hall–Kier alpha value is -1.88. The van der Waals surface area contributed by atoms with E-state index in [-0.39, 0.29) is 0 Å². The number of nitrogens with one attached hydrogen (secondary N) is 1. The van der Waals surface area contributed by atoms with Crippen LogP contribution in [-0.4, -0.2) is 27.9 Å². The van der Waals surface area contributed by atoms with E-state index in [4.69, 9.17) is 4.74 Å². The van der Waals surface area contributed by atoms with Gasteiger partial charge in [-0.25, -0.2) is 9.67 Å². The molecule has 114 valence electrons. The van der Waals surface area contributed by atoms with Crippen LogP contribution in [0.25, 0.3) is 0 Å². The number of aromatic nitrogens is 3. The van der Waals surface area contributed by atoms with Crippen LogP contribution in [0.1, 0.15) is 26.1 Å². The summed E-state index contributed by atoms with van der Waals surface area (Å²) >= 11 is 0. The van der Waals surface area contributed by atoms with E-state index in [9.17, 15) is 0 Å². The van der Waals surface area contributed by atoms with Crippen LogP contribution < -0.4 is 10.1 Å². The average molecular weight is 288 g/mol. The van der Waals surface area contributed by atoms with Gasteiger partial charge in [0.25, 0.3) is 0 Å². The van der Waals surface area contributed by atoms with Gasteiger partial charge in [-0.3, -0.25) is 0 Å². The van der Waals surface area contributed by atoms with Crippen LogP contribution in [0.15, 0.2) is 36.7 Å². The van der Waals surface area contributed by atoms with Crippen LogP contribution in [0, 0.1) is 5.92 Å². The van der Waals surface area contributed by atoms with E-state index in [1.54, 1.807) is 6.33 Å². The number of benzene rings is 1. The summed E-state index contributed by atoms with van der Waals surface area (Å²) in [6, 6.07) is 9.90. The van der Waals surface area contributed by atoms with Crippen molar-refractivity contribution in [3.63, 3.8) is 0 Å². The zero-order chi connectivity index (χ0) is 14.9. The summed E-state index contributed by atoms with van der Waals surface area (Å²) in [6.45, 7) is 7.64. The van der Waals surface area contributed by atoms with Crippen molar-refractivity contribution >= 4 is 0 Å². The highest BCUT2D eigenvalue weighted by molar-refractivity contribution is 5.20. The molecule has 1 aromatic heterocycles. The molecule has 2 aromatic rings. The first kappa shape index (κ1) is 15.5. The third-order valence-electron chi connectivity index (χ3n) is 3.03. The van der Waals surface area contributed by atoms with Gasteiger partial charge in [0, 0.05) is 6.54 Å². The first-order valence-electron chi connectivity index (χ1n) is 7.51. The predicted molar refractivity (Wildman–Crippen MR) is 83.1 cm³/mol. The van der Waals surface area contributed by atoms with Crippen molar-refractivity contribution in [3.8, 4) is 5.75 Å². The highest BCUT2D eigenvalue weighted by Gasteiger charge is 2.05. The minimum atomic E-state index is 0.574. The molecular weight excluding hydrogens is 264 g/mol. The summed E-state index contributed by atoms with van der Waals surface area (Å²) in [5.41, 5.74) is 0. The third-order valence-corrected chi connectivity index (χ3v) is 3.03. The van der Waals surface area contributed by atoms with Gasteiger partial charge in [0.15, 0.2) is 0 Å². The molecule has 5 heteroatoms. The second kappa shape index (κ2) is 8.42. The Balaban J connectivity index is 1.61. The van der Waals surface area contributed by atoms with Crippen molar-refractivity contribution in [2.24, 2.45) is 5.92 Å². The molecule has 1 heterocycles. The summed E-state index contributed by atoms with van der Waals surface area (Å²) in [6.07, 6.45) is 2.59. The lowest BCUT2D eigenvalue weighted by molar-refractivity contribution is 0.307. The Morgan fingerprint density at radius 3 is 2.81 bits per heavy atom. The van der Waals surface area contributed by atoms with Crippen LogP contribution in [0.4, 0.5) is 0 Å². The standard InChI is InChI=1S/C16H24N4O/c1-14(2)12-20-16(18-13-19-20)11-17-9-6-10-21-15-7-4-3-5-8-15/h3-5,7-8,13-14,17H,6,9-12H2,1-2H3. The monoisotopic (exact) mass is 288 g/mol. The summed E-state index contributed by atoms with van der Waals surface area (Å²) in [5, 5.41) is 7.64. The first-order chi connectivity index (χ1) is 10.3. The molecule has 0 aliphatic heterocycles. The molecule has 0 aliphatic carbocycles. The summed E-state index contributed by atoms with van der Waals surface area (Å²) in [5.74, 6) is 2.49. The minimum Gasteiger partial charge on any atom is -0.494 e. The smallest absolute Gasteiger partial charge is 0.140 e. The van der Waals surface area contributed by atoms with Gasteiger partial charge < -0.3 is 10.1 Å². The Morgan fingerprint density at radius 1 is 1.24 bits per heavy atom. The van der Waals surface area contributed by atoms with E-state index < -0.39 is 0 Å². The zero-order valence-corrected chi connectivity index (χ0v) is 12.8. The molecule has 2 rings (SSSR count). The van der Waals surface area contributed by atoms with Gasteiger partial charge in [0.2, 0.25) is 0 Å². The number of nitrogens with zero attached hydrogens (tertiary/aromatic N) is 3. The maximum atomic E-state index is 5.65. The molecule has 0 bridgehead atoms. The van der Waals surface area contributed by atoms with Crippen molar-refractivity contribution < 1.29 is 4.74 Å². The van der Waals surface area contributed by atoms with Crippen molar-refractivity contribution in [2.45, 2.75) is 33.4 Å². The molecule has 0 saturated heterocycles. The fourth-order valence-electron chi connectivity index (χ4n) is 2.03. The SMILES string of the molecule is CC(C)Cn1ncnc1CNCCCOc1ccccc1. The Labute approximate surface area is 126 Å². The quantitative estimate of drug-likeness (QED) is 0.720. The molecular formula is C16H24N4O. The van der Waals surface area contributed by atoms with Crippen LogP contribution in [0.3, 0.4) is 0 Å². The van der Waals surface area contributed by atoms with Gasteiger partial charge in [-0.1, -0.05) is 32.0 Å². The molecule has 0 radical (unpaired) electrons. The maximum Gasteiger partial charge on any atom is 0.140 e. The van der Waals surface area contributed by atoms with E-state index in [0.717, 1.165) is 44.2 Å². The molecule has 0 atom stereocenters. The van der Waals surface area contributed by atoms with Gasteiger partial charge in [-0.2, -0.15) is 5.10 Å². The summed E-state index contributed by atoms with van der Waals surface area (Å²) < 4.78 is 7.62. The Kier molecular flexibility index (Phi) is 6.22. The minimum absolute atomic E-state index is 0.574. The fraction of sp³-hybridized carbons (Fsp3) is 0.500. The van der Waals surface area contributed by atoms with Gasteiger partial charge in [0.1, 0.15) is 17.9 Å². The van der Waals surface area contributed by atoms with Crippen LogP contribution in [0.5, 0.6) is 5.75 Å². The second-order valence-electron chi connectivity index (χ2n) is 5.44. The first-order valence-corrected chi connectivity index (χ1v) is 7.51. The van der Waals surface area contributed by atoms with Gasteiger partial charge >= 0.3 is 0 Å². The van der Waals surface area contributed by atoms with E-state index in [0.29, 0.717) is 5.92 Å². The lowest BCUT2D eigenvalue weighted by Gasteiger charge is -2.09. The van der Waals surface area contributed by atoms with Crippen molar-refractivity contribution in [3.05, 3.63) is 42.5 Å². The van der Waals surface area contributed by atoms with Gasteiger partial charge in [-0.05, 0) is 31.0 Å². The lowest BCUT2D eigenvalue weighted by Crippen LogP contribution is -2.21.